The van der Waals surface area contributed by atoms with Gasteiger partial charge in [0.1, 0.15) is 5.75 Å². The first kappa shape index (κ1) is 13.5. The zero-order valence-electron chi connectivity index (χ0n) is 11.0. The standard InChI is InChI=1S/C14H18N2O3/c1-19-11-5-2-4-10(8-11)12(15)9-16-13(17)6-3-7-14(16)18/h2,4-5,8,12H,3,6-7,9,15H2,1H3. The molecule has 5 heteroatoms. The molecule has 102 valence electrons. The van der Waals surface area contributed by atoms with Gasteiger partial charge in [-0.15, -0.1) is 0 Å². The van der Waals surface area contributed by atoms with E-state index in [1.54, 1.807) is 7.11 Å². The summed E-state index contributed by atoms with van der Waals surface area (Å²) >= 11 is 0. The van der Waals surface area contributed by atoms with Crippen LogP contribution in [0.25, 0.3) is 0 Å². The van der Waals surface area contributed by atoms with E-state index in [1.165, 1.54) is 4.90 Å². The number of amides is 2. The van der Waals surface area contributed by atoms with Gasteiger partial charge in [0.2, 0.25) is 11.8 Å². The normalized spacial score (nSPS) is 17.5. The molecule has 1 fully saturated rings. The molecule has 0 radical (unpaired) electrons. The lowest BCUT2D eigenvalue weighted by Gasteiger charge is -2.27. The van der Waals surface area contributed by atoms with Crippen LogP contribution in [0.15, 0.2) is 24.3 Å². The first-order valence-corrected chi connectivity index (χ1v) is 6.34. The summed E-state index contributed by atoms with van der Waals surface area (Å²) in [5.41, 5.74) is 6.92. The fraction of sp³-hybridized carbons (Fsp3) is 0.429. The summed E-state index contributed by atoms with van der Waals surface area (Å²) in [6, 6.07) is 6.97. The Balaban J connectivity index is 2.09. The number of rotatable bonds is 4. The molecule has 1 saturated heterocycles. The monoisotopic (exact) mass is 262 g/mol. The molecule has 1 unspecified atom stereocenters. The minimum atomic E-state index is -0.388. The maximum absolute atomic E-state index is 11.7. The Morgan fingerprint density at radius 3 is 2.63 bits per heavy atom. The maximum atomic E-state index is 11.7. The molecule has 2 N–H and O–H groups in total. The van der Waals surface area contributed by atoms with Crippen LogP contribution in [0.4, 0.5) is 0 Å². The van der Waals surface area contributed by atoms with Gasteiger partial charge in [0.05, 0.1) is 7.11 Å². The molecule has 1 aliphatic heterocycles. The van der Waals surface area contributed by atoms with Crippen molar-refractivity contribution in [2.75, 3.05) is 13.7 Å². The second kappa shape index (κ2) is 5.84. The second-order valence-corrected chi connectivity index (χ2v) is 4.63. The lowest BCUT2D eigenvalue weighted by Crippen LogP contribution is -2.43. The number of hydrogen-bond donors (Lipinski definition) is 1. The predicted molar refractivity (Wildman–Crippen MR) is 70.5 cm³/mol. The van der Waals surface area contributed by atoms with Gasteiger partial charge in [-0.25, -0.2) is 0 Å². The third-order valence-corrected chi connectivity index (χ3v) is 3.28. The Kier molecular flexibility index (Phi) is 4.16. The van der Waals surface area contributed by atoms with Crippen LogP contribution in [0.2, 0.25) is 0 Å². The summed E-state index contributed by atoms with van der Waals surface area (Å²) in [5, 5.41) is 0. The zero-order valence-corrected chi connectivity index (χ0v) is 11.0. The number of nitrogens with zero attached hydrogens (tertiary/aromatic N) is 1. The van der Waals surface area contributed by atoms with E-state index in [0.29, 0.717) is 25.0 Å². The van der Waals surface area contributed by atoms with Gasteiger partial charge < -0.3 is 10.5 Å². The van der Waals surface area contributed by atoms with Crippen LogP contribution in [0.5, 0.6) is 5.75 Å². The number of methoxy groups -OCH3 is 1. The summed E-state index contributed by atoms with van der Waals surface area (Å²) in [6.07, 6.45) is 1.50. The highest BCUT2D eigenvalue weighted by molar-refractivity contribution is 5.97. The molecule has 0 bridgehead atoms. The van der Waals surface area contributed by atoms with Crippen molar-refractivity contribution in [1.82, 2.24) is 4.90 Å². The molecule has 1 aromatic carbocycles. The van der Waals surface area contributed by atoms with E-state index >= 15 is 0 Å². The van der Waals surface area contributed by atoms with E-state index in [1.807, 2.05) is 24.3 Å². The van der Waals surface area contributed by atoms with Gasteiger partial charge in [0.25, 0.3) is 0 Å². The first-order chi connectivity index (χ1) is 9.11. The highest BCUT2D eigenvalue weighted by atomic mass is 16.5. The summed E-state index contributed by atoms with van der Waals surface area (Å²) in [4.78, 5) is 24.7. The minimum absolute atomic E-state index is 0.130. The largest absolute Gasteiger partial charge is 0.497 e. The number of nitrogens with two attached hydrogens (primary N) is 1. The van der Waals surface area contributed by atoms with Crippen molar-refractivity contribution in [3.63, 3.8) is 0 Å². The van der Waals surface area contributed by atoms with Crippen molar-refractivity contribution in [3.8, 4) is 5.75 Å². The van der Waals surface area contributed by atoms with E-state index in [-0.39, 0.29) is 24.4 Å². The van der Waals surface area contributed by atoms with Gasteiger partial charge in [-0.2, -0.15) is 0 Å². The minimum Gasteiger partial charge on any atom is -0.497 e. The number of imide groups is 1. The number of ether oxygens (including phenoxy) is 1. The lowest BCUT2D eigenvalue weighted by molar-refractivity contribution is -0.148. The van der Waals surface area contributed by atoms with Crippen molar-refractivity contribution >= 4 is 11.8 Å². The lowest BCUT2D eigenvalue weighted by atomic mass is 10.0. The van der Waals surface area contributed by atoms with Gasteiger partial charge >= 0.3 is 0 Å². The Morgan fingerprint density at radius 1 is 1.32 bits per heavy atom. The second-order valence-electron chi connectivity index (χ2n) is 4.63. The molecule has 0 spiro atoms. The fourth-order valence-corrected chi connectivity index (χ4v) is 2.18. The Bertz CT molecular complexity index is 471. The van der Waals surface area contributed by atoms with Crippen LogP contribution < -0.4 is 10.5 Å². The molecule has 2 amide bonds. The fourth-order valence-electron chi connectivity index (χ4n) is 2.18. The summed E-state index contributed by atoms with van der Waals surface area (Å²) in [6.45, 7) is 0.227. The number of likely N-dealkylation sites (tertiary alicyclic amines) is 1. The van der Waals surface area contributed by atoms with Crippen molar-refractivity contribution in [1.29, 1.82) is 0 Å². The molecule has 5 nitrogen and oxygen atoms in total. The van der Waals surface area contributed by atoms with E-state index in [4.69, 9.17) is 10.5 Å². The topological polar surface area (TPSA) is 72.6 Å². The van der Waals surface area contributed by atoms with Gasteiger partial charge in [0.15, 0.2) is 0 Å². The SMILES string of the molecule is COc1cccc(C(N)CN2C(=O)CCCC2=O)c1. The number of piperidine rings is 1. The van der Waals surface area contributed by atoms with Crippen molar-refractivity contribution in [3.05, 3.63) is 29.8 Å². The first-order valence-electron chi connectivity index (χ1n) is 6.34. The Morgan fingerprint density at radius 2 is 2.00 bits per heavy atom. The average molecular weight is 262 g/mol. The van der Waals surface area contributed by atoms with Gasteiger partial charge in [-0.05, 0) is 24.1 Å². The molecule has 19 heavy (non-hydrogen) atoms. The third kappa shape index (κ3) is 3.12. The van der Waals surface area contributed by atoms with Gasteiger partial charge in [-0.3, -0.25) is 14.5 Å². The molecule has 1 heterocycles. The number of benzene rings is 1. The number of carbonyl (C=O) groups excluding carboxylic acids is 2. The van der Waals surface area contributed by atoms with E-state index in [9.17, 15) is 9.59 Å². The summed E-state index contributed by atoms with van der Waals surface area (Å²) < 4.78 is 5.13. The Hall–Kier alpha value is -1.88. The van der Waals surface area contributed by atoms with Crippen LogP contribution >= 0.6 is 0 Å². The smallest absolute Gasteiger partial charge is 0.229 e. The van der Waals surface area contributed by atoms with Crippen molar-refractivity contribution in [2.45, 2.75) is 25.3 Å². The van der Waals surface area contributed by atoms with Crippen LogP contribution in [0.1, 0.15) is 30.9 Å². The summed E-state index contributed by atoms with van der Waals surface area (Å²) in [5.74, 6) is 0.452. The molecule has 1 aliphatic rings. The molecular weight excluding hydrogens is 244 g/mol. The van der Waals surface area contributed by atoms with Gasteiger partial charge in [-0.1, -0.05) is 12.1 Å². The van der Waals surface area contributed by atoms with E-state index in [0.717, 1.165) is 5.56 Å². The van der Waals surface area contributed by atoms with E-state index in [2.05, 4.69) is 0 Å². The van der Waals surface area contributed by atoms with Crippen LogP contribution in [0.3, 0.4) is 0 Å². The average Bonchev–Trinajstić information content (AvgIpc) is 2.43. The van der Waals surface area contributed by atoms with Crippen LogP contribution in [-0.4, -0.2) is 30.4 Å². The van der Waals surface area contributed by atoms with Crippen molar-refractivity contribution in [2.24, 2.45) is 5.73 Å². The number of carbonyl (C=O) groups is 2. The summed E-state index contributed by atoms with van der Waals surface area (Å²) in [7, 11) is 1.59. The molecule has 1 atom stereocenters. The zero-order chi connectivity index (χ0) is 13.8. The molecule has 2 rings (SSSR count). The molecule has 0 saturated carbocycles. The maximum Gasteiger partial charge on any atom is 0.229 e. The van der Waals surface area contributed by atoms with E-state index < -0.39 is 0 Å². The Labute approximate surface area is 112 Å². The molecule has 1 aromatic rings. The van der Waals surface area contributed by atoms with Gasteiger partial charge in [0, 0.05) is 25.4 Å². The van der Waals surface area contributed by atoms with Crippen LogP contribution in [0, 0.1) is 0 Å². The predicted octanol–water partition coefficient (Wildman–Crippen LogP) is 1.23. The van der Waals surface area contributed by atoms with Crippen LogP contribution in [-0.2, 0) is 9.59 Å². The number of hydrogen-bond acceptors (Lipinski definition) is 4. The molecule has 0 aromatic heterocycles. The van der Waals surface area contributed by atoms with Crippen molar-refractivity contribution < 1.29 is 14.3 Å². The quantitative estimate of drug-likeness (QED) is 0.828. The highest BCUT2D eigenvalue weighted by Gasteiger charge is 2.27. The highest BCUT2D eigenvalue weighted by Crippen LogP contribution is 2.20. The molecular formula is C14H18N2O3. The third-order valence-electron chi connectivity index (χ3n) is 3.28. The molecule has 0 aliphatic carbocycles.